The Morgan fingerprint density at radius 3 is 2.50 bits per heavy atom. The van der Waals surface area contributed by atoms with Gasteiger partial charge in [-0.2, -0.15) is 0 Å². The van der Waals surface area contributed by atoms with E-state index < -0.39 is 0 Å². The minimum absolute atomic E-state index is 0.621. The van der Waals surface area contributed by atoms with Crippen LogP contribution in [0.4, 0.5) is 5.69 Å². The van der Waals surface area contributed by atoms with Crippen LogP contribution in [-0.4, -0.2) is 13.6 Å². The fourth-order valence-corrected chi connectivity index (χ4v) is 3.05. The van der Waals surface area contributed by atoms with Crippen molar-refractivity contribution in [2.75, 3.05) is 18.5 Å². The van der Waals surface area contributed by atoms with Crippen molar-refractivity contribution in [3.63, 3.8) is 0 Å². The number of anilines is 1. The molecular weight excluding hydrogens is 336 g/mol. The van der Waals surface area contributed by atoms with Crippen LogP contribution < -0.4 is 10.6 Å². The molecule has 0 bridgehead atoms. The number of benzene rings is 2. The van der Waals surface area contributed by atoms with Crippen molar-refractivity contribution >= 4 is 33.2 Å². The first-order valence-electron chi connectivity index (χ1n) is 6.55. The van der Waals surface area contributed by atoms with E-state index >= 15 is 0 Å². The van der Waals surface area contributed by atoms with Crippen LogP contribution >= 0.6 is 27.5 Å². The molecule has 0 radical (unpaired) electrons. The van der Waals surface area contributed by atoms with E-state index in [9.17, 15) is 0 Å². The normalized spacial score (nSPS) is 10.6. The Kier molecular flexibility index (Phi) is 5.46. The van der Waals surface area contributed by atoms with E-state index in [2.05, 4.69) is 46.1 Å². The van der Waals surface area contributed by atoms with E-state index in [1.807, 2.05) is 24.3 Å². The zero-order chi connectivity index (χ0) is 14.5. The molecule has 0 unspecified atom stereocenters. The molecule has 0 saturated heterocycles. The molecule has 2 rings (SSSR count). The van der Waals surface area contributed by atoms with E-state index in [0.717, 1.165) is 28.1 Å². The molecule has 0 heterocycles. The van der Waals surface area contributed by atoms with Gasteiger partial charge in [-0.3, -0.25) is 0 Å². The zero-order valence-electron chi connectivity index (χ0n) is 11.4. The SMILES string of the molecule is CN(Cc1ccccc1Br)c1c(Cl)cccc1CCN. The molecule has 0 fully saturated rings. The third-order valence-corrected chi connectivity index (χ3v) is 4.31. The quantitative estimate of drug-likeness (QED) is 0.871. The van der Waals surface area contributed by atoms with Crippen molar-refractivity contribution in [3.8, 4) is 0 Å². The summed E-state index contributed by atoms with van der Waals surface area (Å²) in [6.07, 6.45) is 0.830. The van der Waals surface area contributed by atoms with E-state index in [4.69, 9.17) is 17.3 Å². The summed E-state index contributed by atoms with van der Waals surface area (Å²) >= 11 is 9.96. The fourth-order valence-electron chi connectivity index (χ4n) is 2.31. The van der Waals surface area contributed by atoms with Gasteiger partial charge in [0.15, 0.2) is 0 Å². The number of halogens is 2. The van der Waals surface area contributed by atoms with Gasteiger partial charge in [0.25, 0.3) is 0 Å². The van der Waals surface area contributed by atoms with Crippen molar-refractivity contribution in [3.05, 3.63) is 63.1 Å². The molecule has 0 aliphatic carbocycles. The fraction of sp³-hybridized carbons (Fsp3) is 0.250. The van der Waals surface area contributed by atoms with Gasteiger partial charge in [0.1, 0.15) is 0 Å². The third kappa shape index (κ3) is 3.54. The molecule has 0 aliphatic rings. The molecule has 106 valence electrons. The summed E-state index contributed by atoms with van der Waals surface area (Å²) in [4.78, 5) is 2.17. The predicted molar refractivity (Wildman–Crippen MR) is 90.5 cm³/mol. The highest BCUT2D eigenvalue weighted by Gasteiger charge is 2.12. The minimum Gasteiger partial charge on any atom is -0.369 e. The summed E-state index contributed by atoms with van der Waals surface area (Å²) < 4.78 is 1.11. The van der Waals surface area contributed by atoms with E-state index in [1.54, 1.807) is 0 Å². The molecule has 0 spiro atoms. The van der Waals surface area contributed by atoms with Crippen LogP contribution in [0.15, 0.2) is 46.9 Å². The van der Waals surface area contributed by atoms with Gasteiger partial charge in [0.2, 0.25) is 0 Å². The van der Waals surface area contributed by atoms with Gasteiger partial charge >= 0.3 is 0 Å². The Hall–Kier alpha value is -1.03. The number of rotatable bonds is 5. The molecule has 0 atom stereocenters. The number of nitrogens with two attached hydrogens (primary N) is 1. The molecule has 4 heteroatoms. The van der Waals surface area contributed by atoms with Crippen LogP contribution in [0.2, 0.25) is 5.02 Å². The number of hydrogen-bond acceptors (Lipinski definition) is 2. The Balaban J connectivity index is 2.29. The van der Waals surface area contributed by atoms with Gasteiger partial charge in [0, 0.05) is 18.1 Å². The second-order valence-corrected chi connectivity index (χ2v) is 6.00. The zero-order valence-corrected chi connectivity index (χ0v) is 13.8. The average molecular weight is 354 g/mol. The van der Waals surface area contributed by atoms with Gasteiger partial charge in [-0.05, 0) is 36.2 Å². The summed E-state index contributed by atoms with van der Waals surface area (Å²) in [5.74, 6) is 0. The lowest BCUT2D eigenvalue weighted by Gasteiger charge is -2.24. The molecule has 2 aromatic carbocycles. The maximum absolute atomic E-state index is 6.37. The topological polar surface area (TPSA) is 29.3 Å². The summed E-state index contributed by atoms with van der Waals surface area (Å²) in [6, 6.07) is 14.2. The third-order valence-electron chi connectivity index (χ3n) is 3.23. The van der Waals surface area contributed by atoms with Crippen LogP contribution in [0.25, 0.3) is 0 Å². The summed E-state index contributed by atoms with van der Waals surface area (Å²) in [7, 11) is 2.06. The summed E-state index contributed by atoms with van der Waals surface area (Å²) in [5, 5.41) is 0.769. The second kappa shape index (κ2) is 7.11. The van der Waals surface area contributed by atoms with Crippen molar-refractivity contribution in [2.24, 2.45) is 5.73 Å². The number of nitrogens with zero attached hydrogens (tertiary/aromatic N) is 1. The first kappa shape index (κ1) is 15.4. The highest BCUT2D eigenvalue weighted by atomic mass is 79.9. The molecule has 2 nitrogen and oxygen atoms in total. The summed E-state index contributed by atoms with van der Waals surface area (Å²) in [5.41, 5.74) is 9.17. The standard InChI is InChI=1S/C16H18BrClN2/c1-20(11-13-5-2-3-7-14(13)17)16-12(9-10-19)6-4-8-15(16)18/h2-8H,9-11,19H2,1H3. The van der Waals surface area contributed by atoms with E-state index in [0.29, 0.717) is 6.54 Å². The van der Waals surface area contributed by atoms with Crippen LogP contribution in [0, 0.1) is 0 Å². The molecule has 0 aliphatic heterocycles. The van der Waals surface area contributed by atoms with E-state index in [-0.39, 0.29) is 0 Å². The Morgan fingerprint density at radius 1 is 1.10 bits per heavy atom. The van der Waals surface area contributed by atoms with Crippen molar-refractivity contribution in [2.45, 2.75) is 13.0 Å². The maximum atomic E-state index is 6.37. The van der Waals surface area contributed by atoms with Gasteiger partial charge in [-0.15, -0.1) is 0 Å². The highest BCUT2D eigenvalue weighted by molar-refractivity contribution is 9.10. The van der Waals surface area contributed by atoms with Crippen LogP contribution in [0.3, 0.4) is 0 Å². The first-order chi connectivity index (χ1) is 9.63. The van der Waals surface area contributed by atoms with Gasteiger partial charge in [-0.1, -0.05) is 57.9 Å². The lowest BCUT2D eigenvalue weighted by Crippen LogP contribution is -2.19. The van der Waals surface area contributed by atoms with Crippen molar-refractivity contribution in [1.82, 2.24) is 0 Å². The largest absolute Gasteiger partial charge is 0.369 e. The first-order valence-corrected chi connectivity index (χ1v) is 7.72. The van der Waals surface area contributed by atoms with Gasteiger partial charge in [-0.25, -0.2) is 0 Å². The molecule has 0 amide bonds. The molecule has 2 aromatic rings. The molecule has 0 aromatic heterocycles. The van der Waals surface area contributed by atoms with Crippen LogP contribution in [-0.2, 0) is 13.0 Å². The summed E-state index contributed by atoms with van der Waals surface area (Å²) in [6.45, 7) is 1.42. The molecule has 2 N–H and O–H groups in total. The Bertz CT molecular complexity index is 586. The highest BCUT2D eigenvalue weighted by Crippen LogP contribution is 2.31. The Labute approximate surface area is 133 Å². The van der Waals surface area contributed by atoms with Crippen LogP contribution in [0.5, 0.6) is 0 Å². The van der Waals surface area contributed by atoms with Crippen LogP contribution in [0.1, 0.15) is 11.1 Å². The molecule has 20 heavy (non-hydrogen) atoms. The van der Waals surface area contributed by atoms with Crippen molar-refractivity contribution in [1.29, 1.82) is 0 Å². The Morgan fingerprint density at radius 2 is 1.80 bits per heavy atom. The minimum atomic E-state index is 0.621. The van der Waals surface area contributed by atoms with Gasteiger partial charge < -0.3 is 10.6 Å². The maximum Gasteiger partial charge on any atom is 0.0642 e. The molecule has 0 saturated carbocycles. The van der Waals surface area contributed by atoms with E-state index in [1.165, 1.54) is 11.1 Å². The van der Waals surface area contributed by atoms with Crippen molar-refractivity contribution < 1.29 is 0 Å². The number of hydrogen-bond donors (Lipinski definition) is 1. The smallest absolute Gasteiger partial charge is 0.0642 e. The monoisotopic (exact) mass is 352 g/mol. The predicted octanol–water partition coefficient (Wildman–Crippen LogP) is 4.24. The van der Waals surface area contributed by atoms with Gasteiger partial charge in [0.05, 0.1) is 10.7 Å². The lowest BCUT2D eigenvalue weighted by atomic mass is 10.1. The number of para-hydroxylation sites is 1. The average Bonchev–Trinajstić information content (AvgIpc) is 2.42. The molecular formula is C16H18BrClN2. The second-order valence-electron chi connectivity index (χ2n) is 4.73. The lowest BCUT2D eigenvalue weighted by molar-refractivity contribution is 0.890.